The molecule has 1 aliphatic carbocycles. The van der Waals surface area contributed by atoms with Crippen LogP contribution in [0.2, 0.25) is 0 Å². The first-order valence-corrected chi connectivity index (χ1v) is 12.1. The lowest BCUT2D eigenvalue weighted by atomic mass is 9.79. The number of ether oxygens (including phenoxy) is 1. The summed E-state index contributed by atoms with van der Waals surface area (Å²) in [5.74, 6) is -0.965. The number of hydrazine groups is 1. The van der Waals surface area contributed by atoms with Gasteiger partial charge in [-0.05, 0) is 49.1 Å². The van der Waals surface area contributed by atoms with E-state index >= 15 is 0 Å². The van der Waals surface area contributed by atoms with Crippen molar-refractivity contribution in [2.24, 2.45) is 5.92 Å². The predicted molar refractivity (Wildman–Crippen MR) is 118 cm³/mol. The lowest BCUT2D eigenvalue weighted by molar-refractivity contribution is -0.143. The third-order valence-electron chi connectivity index (χ3n) is 6.15. The smallest absolute Gasteiger partial charge is 0.317 e. The number of fused-ring (bicyclic) bond motifs is 1. The number of sulfonamides is 1. The molecule has 1 aromatic rings. The predicted octanol–water partition coefficient (Wildman–Crippen LogP) is 2.88. The molecule has 2 heterocycles. The van der Waals surface area contributed by atoms with E-state index in [1.165, 1.54) is 11.4 Å². The highest BCUT2D eigenvalue weighted by Crippen LogP contribution is 2.42. The number of carbonyl (C=O) groups is 1. The SMILES string of the molecule is CCCCN1NC=C2C1=CC1=C(CN(S(=O)(=O)c3ccc(C)cc3)CC1)[C@H]2C(=O)OC. The fraction of sp³-hybridized carbons (Fsp3) is 0.435. The maximum absolute atomic E-state index is 13.3. The molecule has 3 aliphatic rings. The summed E-state index contributed by atoms with van der Waals surface area (Å²) in [7, 11) is -2.27. The number of nitrogens with zero attached hydrogens (tertiary/aromatic N) is 2. The molecule has 0 unspecified atom stereocenters. The number of carbonyl (C=O) groups excluding carboxylic acids is 1. The molecule has 0 aromatic heterocycles. The number of benzene rings is 1. The van der Waals surface area contributed by atoms with E-state index in [0.29, 0.717) is 13.0 Å². The van der Waals surface area contributed by atoms with Crippen LogP contribution >= 0.6 is 0 Å². The first-order valence-electron chi connectivity index (χ1n) is 10.7. The zero-order chi connectivity index (χ0) is 22.2. The Labute approximate surface area is 184 Å². The Balaban J connectivity index is 1.68. The minimum Gasteiger partial charge on any atom is -0.468 e. The van der Waals surface area contributed by atoms with E-state index in [1.54, 1.807) is 24.3 Å². The number of allylic oxidation sites excluding steroid dienone is 2. The van der Waals surface area contributed by atoms with Crippen molar-refractivity contribution in [3.8, 4) is 0 Å². The molecule has 0 saturated heterocycles. The van der Waals surface area contributed by atoms with Gasteiger partial charge in [-0.2, -0.15) is 4.31 Å². The summed E-state index contributed by atoms with van der Waals surface area (Å²) in [6, 6.07) is 6.88. The molecule has 4 rings (SSSR count). The van der Waals surface area contributed by atoms with E-state index in [9.17, 15) is 13.2 Å². The molecular formula is C23H29N3O4S. The van der Waals surface area contributed by atoms with E-state index in [-0.39, 0.29) is 17.4 Å². The molecule has 0 saturated carbocycles. The second-order valence-electron chi connectivity index (χ2n) is 8.17. The number of hydrogen-bond acceptors (Lipinski definition) is 6. The van der Waals surface area contributed by atoms with E-state index in [0.717, 1.165) is 47.4 Å². The fourth-order valence-electron chi connectivity index (χ4n) is 4.36. The summed E-state index contributed by atoms with van der Waals surface area (Å²) in [4.78, 5) is 13.1. The molecule has 8 heteroatoms. The van der Waals surface area contributed by atoms with Crippen LogP contribution in [-0.4, -0.2) is 50.4 Å². The van der Waals surface area contributed by atoms with Crippen molar-refractivity contribution in [2.45, 2.75) is 38.0 Å². The van der Waals surface area contributed by atoms with Crippen molar-refractivity contribution in [1.82, 2.24) is 14.7 Å². The van der Waals surface area contributed by atoms with Crippen LogP contribution < -0.4 is 5.43 Å². The highest BCUT2D eigenvalue weighted by Gasteiger charge is 2.42. The maximum atomic E-state index is 13.3. The molecule has 31 heavy (non-hydrogen) atoms. The highest BCUT2D eigenvalue weighted by atomic mass is 32.2. The van der Waals surface area contributed by atoms with Crippen LogP contribution in [-0.2, 0) is 19.6 Å². The first kappa shape index (κ1) is 21.6. The minimum atomic E-state index is -3.65. The Bertz CT molecular complexity index is 1070. The molecule has 0 fully saturated rings. The van der Waals surface area contributed by atoms with Gasteiger partial charge in [-0.25, -0.2) is 8.42 Å². The van der Waals surface area contributed by atoms with Crippen LogP contribution in [0.1, 0.15) is 31.7 Å². The van der Waals surface area contributed by atoms with Gasteiger partial charge in [-0.15, -0.1) is 0 Å². The summed E-state index contributed by atoms with van der Waals surface area (Å²) in [6.45, 7) is 5.47. The second-order valence-corrected chi connectivity index (χ2v) is 10.1. The normalized spacial score (nSPS) is 21.1. The minimum absolute atomic E-state index is 0.182. The quantitative estimate of drug-likeness (QED) is 0.681. The van der Waals surface area contributed by atoms with Crippen molar-refractivity contribution in [3.05, 3.63) is 64.5 Å². The Morgan fingerprint density at radius 2 is 2.00 bits per heavy atom. The average molecular weight is 444 g/mol. The van der Waals surface area contributed by atoms with Crippen LogP contribution in [0.4, 0.5) is 0 Å². The molecule has 0 radical (unpaired) electrons. The maximum Gasteiger partial charge on any atom is 0.317 e. The van der Waals surface area contributed by atoms with E-state index < -0.39 is 15.9 Å². The molecule has 1 aromatic carbocycles. The van der Waals surface area contributed by atoms with E-state index in [4.69, 9.17) is 4.74 Å². The third-order valence-corrected chi connectivity index (χ3v) is 8.01. The number of esters is 1. The summed E-state index contributed by atoms with van der Waals surface area (Å²) >= 11 is 0. The van der Waals surface area contributed by atoms with Crippen LogP contribution in [0.25, 0.3) is 0 Å². The van der Waals surface area contributed by atoms with Crippen molar-refractivity contribution in [1.29, 1.82) is 0 Å². The zero-order valence-electron chi connectivity index (χ0n) is 18.2. The molecule has 1 atom stereocenters. The molecule has 0 bridgehead atoms. The number of unbranched alkanes of at least 4 members (excludes halogenated alkanes) is 1. The number of aryl methyl sites for hydroxylation is 1. The Morgan fingerprint density at radius 1 is 1.26 bits per heavy atom. The van der Waals surface area contributed by atoms with Gasteiger partial charge < -0.3 is 10.2 Å². The fourth-order valence-corrected chi connectivity index (χ4v) is 5.78. The summed E-state index contributed by atoms with van der Waals surface area (Å²) in [5.41, 5.74) is 7.93. The Kier molecular flexibility index (Phi) is 5.94. The highest BCUT2D eigenvalue weighted by molar-refractivity contribution is 7.89. The molecule has 0 amide bonds. The van der Waals surface area contributed by atoms with Crippen LogP contribution in [0, 0.1) is 12.8 Å². The van der Waals surface area contributed by atoms with Gasteiger partial charge in [0.1, 0.15) is 5.92 Å². The first-order chi connectivity index (χ1) is 14.9. The third kappa shape index (κ3) is 3.90. The van der Waals surface area contributed by atoms with E-state index in [1.807, 2.05) is 13.1 Å². The lowest BCUT2D eigenvalue weighted by Gasteiger charge is -2.36. The van der Waals surface area contributed by atoms with Crippen LogP contribution in [0.15, 0.2) is 63.9 Å². The molecular weight excluding hydrogens is 414 g/mol. The molecule has 2 aliphatic heterocycles. The van der Waals surface area contributed by atoms with Crippen LogP contribution in [0.5, 0.6) is 0 Å². The standard InChI is InChI=1S/C23H29N3O4S/c1-4-5-11-26-21-13-17-10-12-25(31(28,29)18-8-6-16(2)7-9-18)15-20(17)22(23(27)30-3)19(21)14-24-26/h6-9,13-14,22,24H,4-5,10-12,15H2,1-3H3/t22-/m0/s1. The Hall–Kier alpha value is -2.58. The monoisotopic (exact) mass is 443 g/mol. The van der Waals surface area contributed by atoms with E-state index in [2.05, 4.69) is 23.4 Å². The number of hydrogen-bond donors (Lipinski definition) is 1. The van der Waals surface area contributed by atoms with Gasteiger partial charge in [0.25, 0.3) is 0 Å². The molecule has 0 spiro atoms. The van der Waals surface area contributed by atoms with Crippen molar-refractivity contribution < 1.29 is 17.9 Å². The van der Waals surface area contributed by atoms with Crippen molar-refractivity contribution in [2.75, 3.05) is 26.7 Å². The second kappa shape index (κ2) is 8.51. The topological polar surface area (TPSA) is 79.0 Å². The van der Waals surface area contributed by atoms with Gasteiger partial charge in [-0.1, -0.05) is 31.0 Å². The summed E-state index contributed by atoms with van der Waals surface area (Å²) in [6.07, 6.45) is 6.61. The molecule has 7 nitrogen and oxygen atoms in total. The summed E-state index contributed by atoms with van der Waals surface area (Å²) < 4.78 is 33.1. The average Bonchev–Trinajstić information content (AvgIpc) is 3.17. The number of rotatable bonds is 6. The largest absolute Gasteiger partial charge is 0.468 e. The Morgan fingerprint density at radius 3 is 2.68 bits per heavy atom. The van der Waals surface area contributed by atoms with Gasteiger partial charge in [0.2, 0.25) is 10.0 Å². The van der Waals surface area contributed by atoms with Gasteiger partial charge >= 0.3 is 5.97 Å². The van der Waals surface area contributed by atoms with Gasteiger partial charge in [-0.3, -0.25) is 9.80 Å². The van der Waals surface area contributed by atoms with Gasteiger partial charge in [0.05, 0.1) is 17.7 Å². The summed E-state index contributed by atoms with van der Waals surface area (Å²) in [5, 5.41) is 2.06. The zero-order valence-corrected chi connectivity index (χ0v) is 19.0. The molecule has 1 N–H and O–H groups in total. The van der Waals surface area contributed by atoms with Gasteiger partial charge in [0, 0.05) is 31.4 Å². The number of nitrogens with one attached hydrogen (secondary N) is 1. The van der Waals surface area contributed by atoms with Crippen LogP contribution in [0.3, 0.4) is 0 Å². The van der Waals surface area contributed by atoms with Gasteiger partial charge in [0.15, 0.2) is 0 Å². The van der Waals surface area contributed by atoms with Crippen molar-refractivity contribution >= 4 is 16.0 Å². The van der Waals surface area contributed by atoms with Crippen molar-refractivity contribution in [3.63, 3.8) is 0 Å². The number of methoxy groups -OCH3 is 1. The lowest BCUT2D eigenvalue weighted by Crippen LogP contribution is -2.42. The molecule has 166 valence electrons.